The first-order valence-electron chi connectivity index (χ1n) is 6.27. The average Bonchev–Trinajstić information content (AvgIpc) is 2.96. The summed E-state index contributed by atoms with van der Waals surface area (Å²) >= 11 is 0. The van der Waals surface area contributed by atoms with Crippen LogP contribution in [0.1, 0.15) is 16.8 Å². The van der Waals surface area contributed by atoms with E-state index in [2.05, 4.69) is 27.6 Å². The van der Waals surface area contributed by atoms with Gasteiger partial charge < -0.3 is 10.1 Å². The highest BCUT2D eigenvalue weighted by atomic mass is 16.5. The van der Waals surface area contributed by atoms with E-state index in [1.165, 1.54) is 11.1 Å². The highest BCUT2D eigenvalue weighted by molar-refractivity contribution is 5.37. The van der Waals surface area contributed by atoms with Crippen LogP contribution in [-0.2, 0) is 13.0 Å². The maximum absolute atomic E-state index is 5.87. The number of benzene rings is 1. The molecular formula is C14H17N3O. The SMILES string of the molecule is Cc1[nH]ncc1CNCC1Cc2ccccc2O1. The van der Waals surface area contributed by atoms with Gasteiger partial charge in [0.1, 0.15) is 11.9 Å². The van der Waals surface area contributed by atoms with E-state index in [1.807, 2.05) is 25.3 Å². The van der Waals surface area contributed by atoms with E-state index in [0.29, 0.717) is 0 Å². The molecule has 0 fully saturated rings. The van der Waals surface area contributed by atoms with Gasteiger partial charge in [-0.05, 0) is 18.6 Å². The number of hydrogen-bond donors (Lipinski definition) is 2. The molecule has 3 rings (SSSR count). The van der Waals surface area contributed by atoms with E-state index in [4.69, 9.17) is 4.74 Å². The van der Waals surface area contributed by atoms with Crippen molar-refractivity contribution in [3.05, 3.63) is 47.3 Å². The number of fused-ring (bicyclic) bond motifs is 1. The average molecular weight is 243 g/mol. The van der Waals surface area contributed by atoms with Crippen LogP contribution in [0.25, 0.3) is 0 Å². The van der Waals surface area contributed by atoms with Crippen molar-refractivity contribution in [1.82, 2.24) is 15.5 Å². The largest absolute Gasteiger partial charge is 0.488 e. The van der Waals surface area contributed by atoms with Crippen LogP contribution >= 0.6 is 0 Å². The van der Waals surface area contributed by atoms with E-state index in [1.54, 1.807) is 0 Å². The summed E-state index contributed by atoms with van der Waals surface area (Å²) in [7, 11) is 0. The Balaban J connectivity index is 1.50. The summed E-state index contributed by atoms with van der Waals surface area (Å²) in [6, 6.07) is 8.25. The Bertz CT molecular complexity index is 510. The predicted octanol–water partition coefficient (Wildman–Crippen LogP) is 1.81. The third-order valence-corrected chi connectivity index (χ3v) is 3.34. The Morgan fingerprint density at radius 3 is 3.11 bits per heavy atom. The van der Waals surface area contributed by atoms with Gasteiger partial charge in [0.25, 0.3) is 0 Å². The zero-order valence-corrected chi connectivity index (χ0v) is 10.4. The molecule has 1 atom stereocenters. The number of aromatic nitrogens is 2. The van der Waals surface area contributed by atoms with Gasteiger partial charge in [0, 0.05) is 30.8 Å². The number of para-hydroxylation sites is 1. The fraction of sp³-hybridized carbons (Fsp3) is 0.357. The summed E-state index contributed by atoms with van der Waals surface area (Å²) in [6.45, 7) is 3.73. The van der Waals surface area contributed by atoms with Crippen LogP contribution in [0.3, 0.4) is 0 Å². The highest BCUT2D eigenvalue weighted by Crippen LogP contribution is 2.27. The molecule has 2 aromatic rings. The molecule has 0 saturated carbocycles. The minimum atomic E-state index is 0.245. The molecule has 18 heavy (non-hydrogen) atoms. The van der Waals surface area contributed by atoms with Gasteiger partial charge in [-0.3, -0.25) is 5.10 Å². The lowest BCUT2D eigenvalue weighted by molar-refractivity contribution is 0.227. The normalized spacial score (nSPS) is 17.5. The molecular weight excluding hydrogens is 226 g/mol. The van der Waals surface area contributed by atoms with Crippen LogP contribution in [0.5, 0.6) is 5.75 Å². The molecule has 0 aliphatic carbocycles. The van der Waals surface area contributed by atoms with Crippen LogP contribution in [0.15, 0.2) is 30.5 Å². The number of H-pyrrole nitrogens is 1. The third-order valence-electron chi connectivity index (χ3n) is 3.34. The van der Waals surface area contributed by atoms with Crippen molar-refractivity contribution in [3.8, 4) is 5.75 Å². The Morgan fingerprint density at radius 1 is 1.44 bits per heavy atom. The molecule has 2 heterocycles. The molecule has 2 N–H and O–H groups in total. The third kappa shape index (κ3) is 2.24. The molecule has 0 saturated heterocycles. The van der Waals surface area contributed by atoms with Crippen LogP contribution in [0.2, 0.25) is 0 Å². The maximum atomic E-state index is 5.87. The van der Waals surface area contributed by atoms with Crippen LogP contribution < -0.4 is 10.1 Å². The first-order valence-corrected chi connectivity index (χ1v) is 6.27. The zero-order valence-electron chi connectivity index (χ0n) is 10.4. The van der Waals surface area contributed by atoms with Crippen LogP contribution in [0, 0.1) is 6.92 Å². The number of aryl methyl sites for hydroxylation is 1. The lowest BCUT2D eigenvalue weighted by Crippen LogP contribution is -2.29. The monoisotopic (exact) mass is 243 g/mol. The van der Waals surface area contributed by atoms with Gasteiger partial charge in [-0.2, -0.15) is 5.10 Å². The second-order valence-corrected chi connectivity index (χ2v) is 4.70. The fourth-order valence-electron chi connectivity index (χ4n) is 2.29. The number of nitrogens with zero attached hydrogens (tertiary/aromatic N) is 1. The van der Waals surface area contributed by atoms with Gasteiger partial charge in [0.05, 0.1) is 6.20 Å². The van der Waals surface area contributed by atoms with Crippen molar-refractivity contribution >= 4 is 0 Å². The first kappa shape index (κ1) is 11.3. The standard InChI is InChI=1S/C14H17N3O/c1-10-12(8-16-17-10)7-15-9-13-6-11-4-2-3-5-14(11)18-13/h2-5,8,13,15H,6-7,9H2,1H3,(H,16,17). The van der Waals surface area contributed by atoms with Crippen molar-refractivity contribution in [2.24, 2.45) is 0 Å². The van der Waals surface area contributed by atoms with Crippen LogP contribution in [0.4, 0.5) is 0 Å². The van der Waals surface area contributed by atoms with Gasteiger partial charge >= 0.3 is 0 Å². The molecule has 0 radical (unpaired) electrons. The molecule has 1 aliphatic rings. The Labute approximate surface area is 106 Å². The molecule has 1 aromatic heterocycles. The molecule has 1 aliphatic heterocycles. The minimum absolute atomic E-state index is 0.245. The molecule has 94 valence electrons. The number of hydrogen-bond acceptors (Lipinski definition) is 3. The smallest absolute Gasteiger partial charge is 0.123 e. The second-order valence-electron chi connectivity index (χ2n) is 4.70. The van der Waals surface area contributed by atoms with E-state index in [9.17, 15) is 0 Å². The topological polar surface area (TPSA) is 49.9 Å². The lowest BCUT2D eigenvalue weighted by atomic mass is 10.1. The highest BCUT2D eigenvalue weighted by Gasteiger charge is 2.21. The quantitative estimate of drug-likeness (QED) is 0.861. The minimum Gasteiger partial charge on any atom is -0.488 e. The van der Waals surface area contributed by atoms with Gasteiger partial charge in [-0.1, -0.05) is 18.2 Å². The van der Waals surface area contributed by atoms with E-state index in [0.717, 1.165) is 31.0 Å². The summed E-state index contributed by atoms with van der Waals surface area (Å²) in [5, 5.41) is 10.4. The summed E-state index contributed by atoms with van der Waals surface area (Å²) in [5.41, 5.74) is 3.65. The molecule has 0 spiro atoms. The number of rotatable bonds is 4. The first-order chi connectivity index (χ1) is 8.83. The van der Waals surface area contributed by atoms with E-state index < -0.39 is 0 Å². The summed E-state index contributed by atoms with van der Waals surface area (Å²) in [6.07, 6.45) is 3.11. The van der Waals surface area contributed by atoms with Crippen LogP contribution in [-0.4, -0.2) is 22.8 Å². The van der Waals surface area contributed by atoms with Crippen molar-refractivity contribution < 1.29 is 4.74 Å². The number of aromatic amines is 1. The molecule has 0 bridgehead atoms. The van der Waals surface area contributed by atoms with Gasteiger partial charge in [-0.15, -0.1) is 0 Å². The Morgan fingerprint density at radius 2 is 2.33 bits per heavy atom. The summed E-state index contributed by atoms with van der Waals surface area (Å²) in [5.74, 6) is 1.03. The summed E-state index contributed by atoms with van der Waals surface area (Å²) in [4.78, 5) is 0. The second kappa shape index (κ2) is 4.82. The van der Waals surface area contributed by atoms with Crippen molar-refractivity contribution in [2.45, 2.75) is 26.0 Å². The molecule has 4 nitrogen and oxygen atoms in total. The predicted molar refractivity (Wildman–Crippen MR) is 69.6 cm³/mol. The molecule has 0 amide bonds. The van der Waals surface area contributed by atoms with E-state index in [-0.39, 0.29) is 6.10 Å². The number of ether oxygens (including phenoxy) is 1. The molecule has 4 heteroatoms. The number of nitrogens with one attached hydrogen (secondary N) is 2. The summed E-state index contributed by atoms with van der Waals surface area (Å²) < 4.78 is 5.87. The Hall–Kier alpha value is -1.81. The van der Waals surface area contributed by atoms with Crippen molar-refractivity contribution in [1.29, 1.82) is 0 Å². The van der Waals surface area contributed by atoms with E-state index >= 15 is 0 Å². The zero-order chi connectivity index (χ0) is 12.4. The fourth-order valence-corrected chi connectivity index (χ4v) is 2.29. The lowest BCUT2D eigenvalue weighted by Gasteiger charge is -2.11. The molecule has 1 aromatic carbocycles. The maximum Gasteiger partial charge on any atom is 0.123 e. The van der Waals surface area contributed by atoms with Gasteiger partial charge in [0.15, 0.2) is 0 Å². The van der Waals surface area contributed by atoms with Crippen molar-refractivity contribution in [2.75, 3.05) is 6.54 Å². The van der Waals surface area contributed by atoms with Crippen molar-refractivity contribution in [3.63, 3.8) is 0 Å². The van der Waals surface area contributed by atoms with Gasteiger partial charge in [-0.25, -0.2) is 0 Å². The van der Waals surface area contributed by atoms with Gasteiger partial charge in [0.2, 0.25) is 0 Å². The molecule has 1 unspecified atom stereocenters. The Kier molecular flexibility index (Phi) is 3.02.